The van der Waals surface area contributed by atoms with E-state index in [2.05, 4.69) is 10.6 Å². The molecule has 0 saturated carbocycles. The van der Waals surface area contributed by atoms with Gasteiger partial charge in [-0.15, -0.1) is 0 Å². The second-order valence-corrected chi connectivity index (χ2v) is 8.09. The van der Waals surface area contributed by atoms with Crippen LogP contribution >= 0.6 is 43.1 Å². The number of rotatable bonds is 6. The lowest BCUT2D eigenvalue weighted by Crippen LogP contribution is -2.45. The molecule has 0 aliphatic rings. The molecule has 8 heteroatoms. The molecule has 2 N–H and O–H groups in total. The molecule has 4 nitrogen and oxygen atoms in total. The van der Waals surface area contributed by atoms with Crippen molar-refractivity contribution in [3.05, 3.63) is 60.7 Å². The van der Waals surface area contributed by atoms with Crippen molar-refractivity contribution in [2.24, 2.45) is 0 Å². The molecule has 0 bridgehead atoms. The number of halogens is 2. The number of carbonyl (C=O) groups is 2. The molecule has 2 amide bonds. The number of anilines is 2. The minimum absolute atomic E-state index is 0.537. The predicted molar refractivity (Wildman–Crippen MR) is 99.8 cm³/mol. The van der Waals surface area contributed by atoms with Crippen LogP contribution in [0.3, 0.4) is 0 Å². The molecular weight excluding hydrogens is 375 g/mol. The van der Waals surface area contributed by atoms with Gasteiger partial charge in [0.05, 0.1) is 0 Å². The molecule has 2 aromatic rings. The van der Waals surface area contributed by atoms with E-state index < -0.39 is 16.0 Å². The van der Waals surface area contributed by atoms with Gasteiger partial charge >= 0.3 is 0 Å². The Morgan fingerprint density at radius 1 is 0.826 bits per heavy atom. The second-order valence-electron chi connectivity index (χ2n) is 4.38. The van der Waals surface area contributed by atoms with Gasteiger partial charge in [0.1, 0.15) is 0 Å². The predicted octanol–water partition coefficient (Wildman–Crippen LogP) is 4.73. The quantitative estimate of drug-likeness (QED) is 0.427. The minimum Gasteiger partial charge on any atom is -0.323 e. The Morgan fingerprint density at radius 3 is 1.57 bits per heavy atom. The molecular formula is C15H12Cl2N2O2S2. The summed E-state index contributed by atoms with van der Waals surface area (Å²) in [6.45, 7) is 0. The monoisotopic (exact) mass is 386 g/mol. The fourth-order valence-corrected chi connectivity index (χ4v) is 4.26. The van der Waals surface area contributed by atoms with Gasteiger partial charge in [-0.25, -0.2) is 0 Å². The summed E-state index contributed by atoms with van der Waals surface area (Å²) in [5.41, 5.74) is 1.07. The molecule has 0 saturated heterocycles. The third-order valence-electron chi connectivity index (χ3n) is 2.79. The van der Waals surface area contributed by atoms with Crippen molar-refractivity contribution in [1.29, 1.82) is 0 Å². The molecule has 2 rings (SSSR count). The maximum absolute atomic E-state index is 12.5. The van der Waals surface area contributed by atoms with Crippen LogP contribution in [0, 0.1) is 0 Å². The Hall–Kier alpha value is -1.34. The summed E-state index contributed by atoms with van der Waals surface area (Å²) in [5.74, 6) is -1.34. The summed E-state index contributed by atoms with van der Waals surface area (Å²) in [5, 5.41) is 5.22. The first-order valence-electron chi connectivity index (χ1n) is 6.44. The molecule has 0 heterocycles. The number of hydrogen-bond donors (Lipinski definition) is 2. The highest BCUT2D eigenvalue weighted by molar-refractivity contribution is 8.86. The lowest BCUT2D eigenvalue weighted by molar-refractivity contribution is -0.124. The Labute approximate surface area is 151 Å². The van der Waals surface area contributed by atoms with Gasteiger partial charge in [0.2, 0.25) is 0 Å². The first kappa shape index (κ1) is 18.0. The number of hydrogen-bond acceptors (Lipinski definition) is 4. The molecule has 0 atom stereocenters. The molecule has 0 radical (unpaired) electrons. The van der Waals surface area contributed by atoms with Crippen molar-refractivity contribution in [2.45, 2.75) is 4.21 Å². The van der Waals surface area contributed by atoms with E-state index in [1.165, 1.54) is 0 Å². The summed E-state index contributed by atoms with van der Waals surface area (Å²) in [4.78, 5) is 24.9. The maximum Gasteiger partial charge on any atom is 0.266 e. The molecule has 0 unspecified atom stereocenters. The molecule has 0 aromatic heterocycles. The third-order valence-corrected chi connectivity index (χ3v) is 5.81. The fraction of sp³-hybridized carbons (Fsp3) is 0.0667. The highest BCUT2D eigenvalue weighted by Crippen LogP contribution is 2.43. The zero-order valence-corrected chi connectivity index (χ0v) is 14.8. The van der Waals surface area contributed by atoms with Crippen LogP contribution in [0.5, 0.6) is 0 Å². The molecule has 0 aliphatic heterocycles. The largest absolute Gasteiger partial charge is 0.323 e. The van der Waals surface area contributed by atoms with E-state index in [0.717, 1.165) is 20.8 Å². The zero-order valence-electron chi connectivity index (χ0n) is 11.7. The summed E-state index contributed by atoms with van der Waals surface area (Å²) in [6, 6.07) is 17.5. The number of alkyl halides is 1. The Balaban J connectivity index is 2.16. The van der Waals surface area contributed by atoms with Gasteiger partial charge < -0.3 is 10.6 Å². The Kier molecular flexibility index (Phi) is 6.65. The maximum atomic E-state index is 12.5. The van der Waals surface area contributed by atoms with Gasteiger partial charge in [0.15, 0.2) is 0 Å². The van der Waals surface area contributed by atoms with Crippen molar-refractivity contribution in [3.63, 3.8) is 0 Å². The number of amides is 2. The zero-order chi connectivity index (χ0) is 16.7. The topological polar surface area (TPSA) is 58.2 Å². The number of nitrogens with one attached hydrogen (secondary N) is 2. The van der Waals surface area contributed by atoms with Crippen LogP contribution in [0.4, 0.5) is 11.4 Å². The molecule has 23 heavy (non-hydrogen) atoms. The Morgan fingerprint density at radius 2 is 1.22 bits per heavy atom. The van der Waals surface area contributed by atoms with E-state index in [-0.39, 0.29) is 0 Å². The van der Waals surface area contributed by atoms with Crippen LogP contribution in [0.25, 0.3) is 0 Å². The van der Waals surface area contributed by atoms with E-state index in [1.54, 1.807) is 48.5 Å². The summed E-state index contributed by atoms with van der Waals surface area (Å²) >= 11 is 6.27. The molecule has 2 aromatic carbocycles. The highest BCUT2D eigenvalue weighted by Gasteiger charge is 2.46. The Bertz CT molecular complexity index is 618. The van der Waals surface area contributed by atoms with Crippen molar-refractivity contribution in [1.82, 2.24) is 0 Å². The lowest BCUT2D eigenvalue weighted by Gasteiger charge is -2.22. The molecule has 0 spiro atoms. The average Bonchev–Trinajstić information content (AvgIpc) is 2.56. The number of carbonyl (C=O) groups excluding carboxylic acids is 2. The van der Waals surface area contributed by atoms with Crippen LogP contribution in [-0.2, 0) is 9.59 Å². The molecule has 0 fully saturated rings. The van der Waals surface area contributed by atoms with Gasteiger partial charge in [-0.2, -0.15) is 0 Å². The van der Waals surface area contributed by atoms with Crippen molar-refractivity contribution >= 4 is 66.3 Å². The van der Waals surface area contributed by atoms with Gasteiger partial charge in [-0.1, -0.05) is 48.0 Å². The van der Waals surface area contributed by atoms with Crippen LogP contribution in [0.1, 0.15) is 0 Å². The van der Waals surface area contributed by atoms with Crippen LogP contribution < -0.4 is 10.6 Å². The number of para-hydroxylation sites is 2. The van der Waals surface area contributed by atoms with Crippen molar-refractivity contribution < 1.29 is 9.59 Å². The second kappa shape index (κ2) is 8.49. The van der Waals surface area contributed by atoms with E-state index in [0.29, 0.717) is 11.4 Å². The normalized spacial score (nSPS) is 10.9. The first-order valence-corrected chi connectivity index (χ1v) is 9.80. The van der Waals surface area contributed by atoms with Crippen LogP contribution in [0.2, 0.25) is 0 Å². The summed E-state index contributed by atoms with van der Waals surface area (Å²) in [6.07, 6.45) is 0. The van der Waals surface area contributed by atoms with Crippen molar-refractivity contribution in [3.8, 4) is 0 Å². The summed E-state index contributed by atoms with van der Waals surface area (Å²) < 4.78 is -1.90. The van der Waals surface area contributed by atoms with Gasteiger partial charge in [0, 0.05) is 21.4 Å². The smallest absolute Gasteiger partial charge is 0.266 e. The van der Waals surface area contributed by atoms with E-state index in [4.69, 9.17) is 22.3 Å². The van der Waals surface area contributed by atoms with Gasteiger partial charge in [-0.05, 0) is 45.7 Å². The minimum atomic E-state index is -1.90. The SMILES string of the molecule is O=C(Nc1ccccc1)C(Cl)(SSCl)C(=O)Nc1ccccc1. The number of benzene rings is 2. The lowest BCUT2D eigenvalue weighted by atomic mass is 10.2. The van der Waals surface area contributed by atoms with Crippen LogP contribution in [0.15, 0.2) is 60.7 Å². The molecule has 0 aliphatic carbocycles. The molecule has 120 valence electrons. The third kappa shape index (κ3) is 4.81. The van der Waals surface area contributed by atoms with E-state index in [9.17, 15) is 9.59 Å². The fourth-order valence-electron chi connectivity index (χ4n) is 1.69. The average molecular weight is 387 g/mol. The van der Waals surface area contributed by atoms with E-state index >= 15 is 0 Å². The summed E-state index contributed by atoms with van der Waals surface area (Å²) in [7, 11) is 7.09. The van der Waals surface area contributed by atoms with Gasteiger partial charge in [0.25, 0.3) is 16.0 Å². The van der Waals surface area contributed by atoms with Crippen molar-refractivity contribution in [2.75, 3.05) is 10.6 Å². The van der Waals surface area contributed by atoms with Crippen LogP contribution in [-0.4, -0.2) is 16.0 Å². The standard InChI is InChI=1S/C15H12Cl2N2O2S2/c16-15(22-23-17,13(20)18-11-7-3-1-4-8-11)14(21)19-12-9-5-2-6-10-12/h1-10H,(H,18,20)(H,19,21). The van der Waals surface area contributed by atoms with E-state index in [1.807, 2.05) is 12.1 Å². The van der Waals surface area contributed by atoms with Gasteiger partial charge in [-0.3, -0.25) is 9.59 Å². The highest BCUT2D eigenvalue weighted by atomic mass is 35.7. The first-order chi connectivity index (χ1) is 11.1.